The van der Waals surface area contributed by atoms with Gasteiger partial charge in [0.05, 0.1) is 7.11 Å². The number of esters is 1. The second-order valence-electron chi connectivity index (χ2n) is 6.09. The summed E-state index contributed by atoms with van der Waals surface area (Å²) in [6.45, 7) is 0. The fourth-order valence-corrected chi connectivity index (χ4v) is 3.39. The van der Waals surface area contributed by atoms with E-state index in [9.17, 15) is 9.59 Å². The van der Waals surface area contributed by atoms with Crippen LogP contribution in [0, 0.1) is 5.41 Å². The molecule has 1 saturated carbocycles. The van der Waals surface area contributed by atoms with Crippen LogP contribution in [-0.2, 0) is 20.7 Å². The molecule has 2 aromatic carbocycles. The maximum atomic E-state index is 12.3. The van der Waals surface area contributed by atoms with Crippen LogP contribution in [0.25, 0.3) is 11.1 Å². The Bertz CT molecular complexity index is 703. The summed E-state index contributed by atoms with van der Waals surface area (Å²) in [6, 6.07) is 18.2. The van der Waals surface area contributed by atoms with E-state index >= 15 is 0 Å². The van der Waals surface area contributed by atoms with Gasteiger partial charge >= 0.3 is 5.97 Å². The molecule has 1 atom stereocenters. The molecule has 0 spiro atoms. The van der Waals surface area contributed by atoms with E-state index in [4.69, 9.17) is 4.74 Å². The highest BCUT2D eigenvalue weighted by Gasteiger charge is 2.49. The van der Waals surface area contributed by atoms with Crippen LogP contribution < -0.4 is 0 Å². The summed E-state index contributed by atoms with van der Waals surface area (Å²) in [7, 11) is 1.36. The van der Waals surface area contributed by atoms with Crippen LogP contribution in [0.3, 0.4) is 0 Å². The molecule has 23 heavy (non-hydrogen) atoms. The van der Waals surface area contributed by atoms with Gasteiger partial charge in [0.1, 0.15) is 5.41 Å². The number of hydrogen-bond donors (Lipinski definition) is 0. The van der Waals surface area contributed by atoms with E-state index in [2.05, 4.69) is 12.1 Å². The molecule has 2 aromatic rings. The predicted octanol–water partition coefficient (Wildman–Crippen LogP) is 3.81. The number of Topliss-reactive ketones (excluding diaryl/α,β-unsaturated/α-hetero) is 1. The molecule has 3 heteroatoms. The minimum atomic E-state index is -0.983. The second-order valence-corrected chi connectivity index (χ2v) is 6.09. The fourth-order valence-electron chi connectivity index (χ4n) is 3.39. The van der Waals surface area contributed by atoms with Gasteiger partial charge in [-0.3, -0.25) is 9.59 Å². The van der Waals surface area contributed by atoms with Crippen molar-refractivity contribution in [1.29, 1.82) is 0 Å². The third kappa shape index (κ3) is 2.91. The summed E-state index contributed by atoms with van der Waals surface area (Å²) in [4.78, 5) is 24.5. The first-order chi connectivity index (χ1) is 11.2. The van der Waals surface area contributed by atoms with Crippen molar-refractivity contribution in [3.8, 4) is 11.1 Å². The van der Waals surface area contributed by atoms with Crippen LogP contribution in [0.1, 0.15) is 24.8 Å². The Hall–Kier alpha value is -2.42. The predicted molar refractivity (Wildman–Crippen MR) is 88.9 cm³/mol. The average Bonchev–Trinajstić information content (AvgIpc) is 2.97. The van der Waals surface area contributed by atoms with Crippen molar-refractivity contribution >= 4 is 11.8 Å². The monoisotopic (exact) mass is 308 g/mol. The number of carbonyl (C=O) groups excluding carboxylic acids is 2. The fraction of sp³-hybridized carbons (Fsp3) is 0.300. The highest BCUT2D eigenvalue weighted by molar-refractivity contribution is 6.05. The molecule has 0 saturated heterocycles. The van der Waals surface area contributed by atoms with Crippen molar-refractivity contribution in [2.75, 3.05) is 7.11 Å². The van der Waals surface area contributed by atoms with Gasteiger partial charge in [0, 0.05) is 6.42 Å². The maximum absolute atomic E-state index is 12.3. The number of ether oxygens (including phenoxy) is 1. The van der Waals surface area contributed by atoms with Crippen molar-refractivity contribution in [3.05, 3.63) is 60.2 Å². The first-order valence-electron chi connectivity index (χ1n) is 7.92. The van der Waals surface area contributed by atoms with Crippen molar-refractivity contribution in [1.82, 2.24) is 0 Å². The van der Waals surface area contributed by atoms with Gasteiger partial charge in [0.25, 0.3) is 0 Å². The van der Waals surface area contributed by atoms with Gasteiger partial charge < -0.3 is 4.74 Å². The van der Waals surface area contributed by atoms with Crippen LogP contribution in [0.5, 0.6) is 0 Å². The van der Waals surface area contributed by atoms with E-state index in [1.807, 2.05) is 42.5 Å². The smallest absolute Gasteiger partial charge is 0.319 e. The molecule has 0 N–H and O–H groups in total. The van der Waals surface area contributed by atoms with E-state index in [0.717, 1.165) is 23.1 Å². The summed E-state index contributed by atoms with van der Waals surface area (Å²) >= 11 is 0. The lowest BCUT2D eigenvalue weighted by Gasteiger charge is -2.24. The topological polar surface area (TPSA) is 43.4 Å². The van der Waals surface area contributed by atoms with Crippen molar-refractivity contribution in [2.45, 2.75) is 25.7 Å². The Kier molecular flexibility index (Phi) is 4.28. The third-order valence-corrected chi connectivity index (χ3v) is 4.68. The Morgan fingerprint density at radius 2 is 1.70 bits per heavy atom. The first-order valence-corrected chi connectivity index (χ1v) is 7.92. The van der Waals surface area contributed by atoms with E-state index in [-0.39, 0.29) is 5.78 Å². The van der Waals surface area contributed by atoms with Crippen LogP contribution in [0.2, 0.25) is 0 Å². The zero-order valence-electron chi connectivity index (χ0n) is 13.2. The number of carbonyl (C=O) groups is 2. The minimum absolute atomic E-state index is 0.0106. The molecular formula is C20H20O3. The molecule has 1 unspecified atom stereocenters. The molecule has 3 rings (SSSR count). The Labute approximate surface area is 136 Å². The Morgan fingerprint density at radius 1 is 1.04 bits per heavy atom. The number of rotatable bonds is 4. The molecule has 3 nitrogen and oxygen atoms in total. The highest BCUT2D eigenvalue weighted by atomic mass is 16.5. The molecule has 0 aliphatic heterocycles. The number of ketones is 1. The first kappa shape index (κ1) is 15.5. The summed E-state index contributed by atoms with van der Waals surface area (Å²) in [6.07, 6.45) is 2.24. The van der Waals surface area contributed by atoms with Gasteiger partial charge in [0.2, 0.25) is 0 Å². The Balaban J connectivity index is 1.85. The van der Waals surface area contributed by atoms with Gasteiger partial charge in [-0.2, -0.15) is 0 Å². The van der Waals surface area contributed by atoms with E-state index in [1.165, 1.54) is 7.11 Å². The highest BCUT2D eigenvalue weighted by Crippen LogP contribution is 2.39. The molecular weight excluding hydrogens is 288 g/mol. The van der Waals surface area contributed by atoms with Gasteiger partial charge in [-0.15, -0.1) is 0 Å². The van der Waals surface area contributed by atoms with Gasteiger partial charge in [-0.05, 0) is 36.0 Å². The quantitative estimate of drug-likeness (QED) is 0.637. The van der Waals surface area contributed by atoms with Crippen molar-refractivity contribution < 1.29 is 14.3 Å². The normalized spacial score (nSPS) is 20.5. The lowest BCUT2D eigenvalue weighted by atomic mass is 9.79. The molecule has 0 aromatic heterocycles. The SMILES string of the molecule is COC(=O)C1(Cc2ccc(-c3ccccc3)cc2)CCCC1=O. The molecule has 1 fully saturated rings. The zero-order chi connectivity index (χ0) is 16.3. The number of hydrogen-bond acceptors (Lipinski definition) is 3. The summed E-state index contributed by atoms with van der Waals surface area (Å²) in [5, 5.41) is 0. The van der Waals surface area contributed by atoms with Crippen LogP contribution in [0.15, 0.2) is 54.6 Å². The van der Waals surface area contributed by atoms with Gasteiger partial charge in [-0.1, -0.05) is 54.6 Å². The number of methoxy groups -OCH3 is 1. The maximum Gasteiger partial charge on any atom is 0.319 e. The third-order valence-electron chi connectivity index (χ3n) is 4.68. The van der Waals surface area contributed by atoms with Crippen LogP contribution >= 0.6 is 0 Å². The summed E-state index contributed by atoms with van der Waals surface area (Å²) in [5.41, 5.74) is 2.28. The molecule has 1 aliphatic carbocycles. The molecule has 0 heterocycles. The number of benzene rings is 2. The lowest BCUT2D eigenvalue weighted by molar-refractivity contribution is -0.156. The molecule has 0 radical (unpaired) electrons. The second kappa shape index (κ2) is 6.37. The lowest BCUT2D eigenvalue weighted by Crippen LogP contribution is -2.38. The minimum Gasteiger partial charge on any atom is -0.468 e. The zero-order valence-corrected chi connectivity index (χ0v) is 13.2. The van der Waals surface area contributed by atoms with E-state index in [1.54, 1.807) is 0 Å². The largest absolute Gasteiger partial charge is 0.468 e. The Morgan fingerprint density at radius 3 is 2.26 bits per heavy atom. The molecule has 1 aliphatic rings. The standard InChI is InChI=1S/C20H20O3/c1-23-19(22)20(13-5-8-18(20)21)14-15-9-11-17(12-10-15)16-6-3-2-4-7-16/h2-4,6-7,9-12H,5,8,13-14H2,1H3. The van der Waals surface area contributed by atoms with Gasteiger partial charge in [0.15, 0.2) is 5.78 Å². The van der Waals surface area contributed by atoms with Gasteiger partial charge in [-0.25, -0.2) is 0 Å². The van der Waals surface area contributed by atoms with Crippen molar-refractivity contribution in [2.24, 2.45) is 5.41 Å². The van der Waals surface area contributed by atoms with Crippen LogP contribution in [-0.4, -0.2) is 18.9 Å². The van der Waals surface area contributed by atoms with E-state index < -0.39 is 11.4 Å². The van der Waals surface area contributed by atoms with E-state index in [0.29, 0.717) is 19.3 Å². The molecule has 118 valence electrons. The average molecular weight is 308 g/mol. The van der Waals surface area contributed by atoms with Crippen molar-refractivity contribution in [3.63, 3.8) is 0 Å². The summed E-state index contributed by atoms with van der Waals surface area (Å²) < 4.78 is 4.91. The molecule has 0 bridgehead atoms. The summed E-state index contributed by atoms with van der Waals surface area (Å²) in [5.74, 6) is -0.386. The molecule has 0 amide bonds. The van der Waals surface area contributed by atoms with Crippen LogP contribution in [0.4, 0.5) is 0 Å².